The molecule has 0 spiro atoms. The number of hydrogen-bond acceptors (Lipinski definition) is 3. The lowest BCUT2D eigenvalue weighted by atomic mass is 9.86. The molecule has 1 amide bonds. The Kier molecular flexibility index (Phi) is 4.51. The maximum Gasteiger partial charge on any atom is 0.219 e. The Balaban J connectivity index is 1.93. The van der Waals surface area contributed by atoms with Crippen LogP contribution in [-0.4, -0.2) is 59.1 Å². The molecule has 1 N–H and O–H groups in total. The standard InChI is InChI=1S/C15H28N2O2/c1-12(18)16-7-4-13(5-8-16)17-9-6-14(19)10-15(2,3)11-17/h13-14,19H,4-11H2,1-3H3/t14-/m0/s1. The first-order valence-corrected chi connectivity index (χ1v) is 7.55. The fourth-order valence-electron chi connectivity index (χ4n) is 3.61. The Morgan fingerprint density at radius 3 is 2.37 bits per heavy atom. The van der Waals surface area contributed by atoms with Crippen LogP contribution in [0.4, 0.5) is 0 Å². The average molecular weight is 268 g/mol. The van der Waals surface area contributed by atoms with Gasteiger partial charge in [0.05, 0.1) is 6.10 Å². The Hall–Kier alpha value is -0.610. The van der Waals surface area contributed by atoms with Crippen molar-refractivity contribution in [2.45, 2.75) is 58.6 Å². The molecule has 0 bridgehead atoms. The molecule has 0 aromatic heterocycles. The number of hydrogen-bond donors (Lipinski definition) is 1. The van der Waals surface area contributed by atoms with Crippen molar-refractivity contribution in [1.29, 1.82) is 0 Å². The van der Waals surface area contributed by atoms with E-state index in [-0.39, 0.29) is 17.4 Å². The summed E-state index contributed by atoms with van der Waals surface area (Å²) in [6.45, 7) is 9.99. The highest BCUT2D eigenvalue weighted by molar-refractivity contribution is 5.73. The van der Waals surface area contributed by atoms with E-state index in [1.165, 1.54) is 0 Å². The highest BCUT2D eigenvalue weighted by Crippen LogP contribution is 2.31. The van der Waals surface area contributed by atoms with E-state index in [9.17, 15) is 9.90 Å². The summed E-state index contributed by atoms with van der Waals surface area (Å²) < 4.78 is 0. The molecule has 1 atom stereocenters. The van der Waals surface area contributed by atoms with E-state index >= 15 is 0 Å². The van der Waals surface area contributed by atoms with Crippen LogP contribution in [0, 0.1) is 5.41 Å². The lowest BCUT2D eigenvalue weighted by Crippen LogP contribution is -2.48. The summed E-state index contributed by atoms with van der Waals surface area (Å²) in [6, 6.07) is 0.583. The molecule has 19 heavy (non-hydrogen) atoms. The predicted molar refractivity (Wildman–Crippen MR) is 75.9 cm³/mol. The van der Waals surface area contributed by atoms with Crippen molar-refractivity contribution in [2.75, 3.05) is 26.2 Å². The molecule has 2 aliphatic rings. The van der Waals surface area contributed by atoms with E-state index in [1.54, 1.807) is 6.92 Å². The quantitative estimate of drug-likeness (QED) is 0.783. The van der Waals surface area contributed by atoms with Crippen LogP contribution in [0.3, 0.4) is 0 Å². The summed E-state index contributed by atoms with van der Waals surface area (Å²) in [4.78, 5) is 15.9. The molecule has 0 aromatic carbocycles. The van der Waals surface area contributed by atoms with Crippen molar-refractivity contribution >= 4 is 5.91 Å². The maximum atomic E-state index is 11.4. The van der Waals surface area contributed by atoms with Gasteiger partial charge >= 0.3 is 0 Å². The minimum atomic E-state index is -0.155. The molecule has 2 aliphatic heterocycles. The summed E-state index contributed by atoms with van der Waals surface area (Å²) in [5.41, 5.74) is 0.188. The average Bonchev–Trinajstić information content (AvgIpc) is 2.47. The van der Waals surface area contributed by atoms with Gasteiger partial charge in [0, 0.05) is 39.1 Å². The second-order valence-electron chi connectivity index (χ2n) is 7.02. The fourth-order valence-corrected chi connectivity index (χ4v) is 3.61. The molecule has 2 rings (SSSR count). The van der Waals surface area contributed by atoms with Crippen LogP contribution in [-0.2, 0) is 4.79 Å². The number of nitrogens with zero attached hydrogens (tertiary/aromatic N) is 2. The number of aliphatic hydroxyl groups excluding tert-OH is 1. The van der Waals surface area contributed by atoms with E-state index < -0.39 is 0 Å². The number of carbonyl (C=O) groups is 1. The highest BCUT2D eigenvalue weighted by Gasteiger charge is 2.33. The number of aliphatic hydroxyl groups is 1. The van der Waals surface area contributed by atoms with E-state index in [2.05, 4.69) is 18.7 Å². The maximum absolute atomic E-state index is 11.4. The topological polar surface area (TPSA) is 43.8 Å². The molecular formula is C15H28N2O2. The lowest BCUT2D eigenvalue weighted by molar-refractivity contribution is -0.130. The van der Waals surface area contributed by atoms with Crippen molar-refractivity contribution in [3.05, 3.63) is 0 Å². The van der Waals surface area contributed by atoms with Crippen LogP contribution in [0.25, 0.3) is 0 Å². The fraction of sp³-hybridized carbons (Fsp3) is 0.933. The molecule has 2 saturated heterocycles. The van der Waals surface area contributed by atoms with Gasteiger partial charge in [0.1, 0.15) is 0 Å². The molecule has 4 nitrogen and oxygen atoms in total. The first-order valence-electron chi connectivity index (χ1n) is 7.55. The molecule has 0 aliphatic carbocycles. The minimum absolute atomic E-state index is 0.155. The predicted octanol–water partition coefficient (Wildman–Crippen LogP) is 1.48. The van der Waals surface area contributed by atoms with Gasteiger partial charge in [-0.3, -0.25) is 9.69 Å². The summed E-state index contributed by atoms with van der Waals surface area (Å²) >= 11 is 0. The Labute approximate surface area is 116 Å². The van der Waals surface area contributed by atoms with Gasteiger partial charge in [-0.15, -0.1) is 0 Å². The number of piperidine rings is 1. The Bertz CT molecular complexity index is 322. The normalized spacial score (nSPS) is 30.1. The molecule has 0 aromatic rings. The van der Waals surface area contributed by atoms with Gasteiger partial charge in [0.25, 0.3) is 0 Å². The second kappa shape index (κ2) is 5.80. The van der Waals surface area contributed by atoms with Crippen molar-refractivity contribution < 1.29 is 9.90 Å². The van der Waals surface area contributed by atoms with Crippen LogP contribution >= 0.6 is 0 Å². The monoisotopic (exact) mass is 268 g/mol. The van der Waals surface area contributed by atoms with Gasteiger partial charge in [0.15, 0.2) is 0 Å². The van der Waals surface area contributed by atoms with Gasteiger partial charge in [-0.2, -0.15) is 0 Å². The van der Waals surface area contributed by atoms with Gasteiger partial charge in [-0.25, -0.2) is 0 Å². The number of amides is 1. The molecule has 2 fully saturated rings. The lowest BCUT2D eigenvalue weighted by Gasteiger charge is -2.40. The molecule has 4 heteroatoms. The smallest absolute Gasteiger partial charge is 0.219 e. The number of rotatable bonds is 1. The number of carbonyl (C=O) groups excluding carboxylic acids is 1. The van der Waals surface area contributed by atoms with Crippen LogP contribution in [0.5, 0.6) is 0 Å². The van der Waals surface area contributed by atoms with Crippen LogP contribution in [0.15, 0.2) is 0 Å². The van der Waals surface area contributed by atoms with Gasteiger partial charge in [-0.05, 0) is 31.1 Å². The van der Waals surface area contributed by atoms with Crippen LogP contribution < -0.4 is 0 Å². The van der Waals surface area contributed by atoms with Crippen molar-refractivity contribution in [3.8, 4) is 0 Å². The summed E-state index contributed by atoms with van der Waals surface area (Å²) in [7, 11) is 0. The first-order chi connectivity index (χ1) is 8.87. The summed E-state index contributed by atoms with van der Waals surface area (Å²) in [6.07, 6.45) is 3.78. The largest absolute Gasteiger partial charge is 0.393 e. The molecule has 2 heterocycles. The zero-order valence-corrected chi connectivity index (χ0v) is 12.6. The third-order valence-electron chi connectivity index (χ3n) is 4.60. The molecule has 0 radical (unpaired) electrons. The zero-order chi connectivity index (χ0) is 14.0. The van der Waals surface area contributed by atoms with Crippen molar-refractivity contribution in [3.63, 3.8) is 0 Å². The highest BCUT2D eigenvalue weighted by atomic mass is 16.3. The summed E-state index contributed by atoms with van der Waals surface area (Å²) in [5, 5.41) is 9.98. The number of likely N-dealkylation sites (tertiary alicyclic amines) is 2. The van der Waals surface area contributed by atoms with E-state index in [0.717, 1.165) is 51.9 Å². The van der Waals surface area contributed by atoms with Crippen molar-refractivity contribution in [1.82, 2.24) is 9.80 Å². The van der Waals surface area contributed by atoms with E-state index in [1.807, 2.05) is 4.90 Å². The second-order valence-corrected chi connectivity index (χ2v) is 7.02. The van der Waals surface area contributed by atoms with Crippen LogP contribution in [0.1, 0.15) is 46.5 Å². The van der Waals surface area contributed by atoms with E-state index in [0.29, 0.717) is 6.04 Å². The SMILES string of the molecule is CC(=O)N1CCC(N2CC[C@H](O)CC(C)(C)C2)CC1. The Morgan fingerprint density at radius 2 is 1.79 bits per heavy atom. The summed E-state index contributed by atoms with van der Waals surface area (Å²) in [5.74, 6) is 0.199. The molecule has 110 valence electrons. The molecule has 0 saturated carbocycles. The third-order valence-corrected chi connectivity index (χ3v) is 4.60. The zero-order valence-electron chi connectivity index (χ0n) is 12.6. The minimum Gasteiger partial charge on any atom is -0.393 e. The van der Waals surface area contributed by atoms with Gasteiger partial charge < -0.3 is 10.0 Å². The van der Waals surface area contributed by atoms with Crippen molar-refractivity contribution in [2.24, 2.45) is 5.41 Å². The van der Waals surface area contributed by atoms with E-state index in [4.69, 9.17) is 0 Å². The third kappa shape index (κ3) is 3.93. The van der Waals surface area contributed by atoms with Gasteiger partial charge in [-0.1, -0.05) is 13.8 Å². The Morgan fingerprint density at radius 1 is 1.16 bits per heavy atom. The molecular weight excluding hydrogens is 240 g/mol. The van der Waals surface area contributed by atoms with Crippen LogP contribution in [0.2, 0.25) is 0 Å². The van der Waals surface area contributed by atoms with Gasteiger partial charge in [0.2, 0.25) is 5.91 Å². The first kappa shape index (κ1) is 14.8. The molecule has 0 unspecified atom stereocenters.